The molecule has 2 aromatic heterocycles. The number of benzene rings is 1. The average molecular weight is 495 g/mol. The van der Waals surface area contributed by atoms with E-state index in [1.165, 1.54) is 0 Å². The summed E-state index contributed by atoms with van der Waals surface area (Å²) in [5.41, 5.74) is 1.28. The Hall–Kier alpha value is -3.77. The summed E-state index contributed by atoms with van der Waals surface area (Å²) < 4.78 is 67.7. The molecule has 0 unspecified atom stereocenters. The number of rotatable bonds is 5. The minimum absolute atomic E-state index is 0.0347. The molecule has 2 N–H and O–H groups in total. The molecule has 8 nitrogen and oxygen atoms in total. The van der Waals surface area contributed by atoms with Crippen molar-refractivity contribution in [3.05, 3.63) is 48.1 Å². The number of nitrogens with one attached hydrogen (secondary N) is 2. The minimum atomic E-state index is -4.55. The first-order valence-electron chi connectivity index (χ1n) is 10.6. The van der Waals surface area contributed by atoms with E-state index in [0.717, 1.165) is 0 Å². The Labute approximate surface area is 196 Å². The highest BCUT2D eigenvalue weighted by Crippen LogP contribution is 2.30. The second-order valence-electron chi connectivity index (χ2n) is 8.36. The third kappa shape index (κ3) is 5.17. The Morgan fingerprint density at radius 1 is 1.20 bits per heavy atom. The van der Waals surface area contributed by atoms with Crippen molar-refractivity contribution in [2.24, 2.45) is 7.05 Å². The molecule has 3 heterocycles. The number of halogens is 5. The lowest BCUT2D eigenvalue weighted by molar-refractivity contribution is -0.138. The summed E-state index contributed by atoms with van der Waals surface area (Å²) in [4.78, 5) is 25.4. The van der Waals surface area contributed by atoms with Gasteiger partial charge in [0.15, 0.2) is 5.83 Å². The van der Waals surface area contributed by atoms with E-state index in [-0.39, 0.29) is 18.9 Å². The summed E-state index contributed by atoms with van der Waals surface area (Å²) in [6.07, 6.45) is -4.32. The first-order valence-corrected chi connectivity index (χ1v) is 10.6. The van der Waals surface area contributed by atoms with Gasteiger partial charge in [0.05, 0.1) is 23.1 Å². The van der Waals surface area contributed by atoms with E-state index in [0.29, 0.717) is 47.2 Å². The Bertz CT molecular complexity index is 1270. The zero-order chi connectivity index (χ0) is 25.5. The zero-order valence-corrected chi connectivity index (χ0v) is 18.8. The molecule has 0 aliphatic carbocycles. The predicted molar refractivity (Wildman–Crippen MR) is 120 cm³/mol. The Morgan fingerprint density at radius 2 is 1.89 bits per heavy atom. The van der Waals surface area contributed by atoms with Crippen LogP contribution in [0.15, 0.2) is 36.9 Å². The highest BCUT2D eigenvalue weighted by molar-refractivity contribution is 6.03. The second-order valence-corrected chi connectivity index (χ2v) is 8.36. The number of anilines is 3. The first-order chi connectivity index (χ1) is 16.4. The van der Waals surface area contributed by atoms with Crippen LogP contribution >= 0.6 is 0 Å². The molecule has 2 atom stereocenters. The van der Waals surface area contributed by atoms with Crippen LogP contribution in [0.1, 0.15) is 17.5 Å². The van der Waals surface area contributed by atoms with E-state index in [2.05, 4.69) is 32.2 Å². The van der Waals surface area contributed by atoms with Gasteiger partial charge < -0.3 is 20.1 Å². The topological polar surface area (TPSA) is 88.0 Å². The molecule has 0 bridgehead atoms. The smallest absolute Gasteiger partial charge is 0.350 e. The van der Waals surface area contributed by atoms with Crippen LogP contribution in [0.2, 0.25) is 0 Å². The predicted octanol–water partition coefficient (Wildman–Crippen LogP) is 4.14. The van der Waals surface area contributed by atoms with E-state index >= 15 is 0 Å². The molecule has 1 fully saturated rings. The first kappa shape index (κ1) is 24.4. The van der Waals surface area contributed by atoms with Crippen LogP contribution in [0.3, 0.4) is 0 Å². The van der Waals surface area contributed by atoms with Crippen LogP contribution < -0.4 is 15.5 Å². The lowest BCUT2D eigenvalue weighted by Crippen LogP contribution is -2.48. The van der Waals surface area contributed by atoms with Crippen LogP contribution in [-0.4, -0.2) is 50.7 Å². The summed E-state index contributed by atoms with van der Waals surface area (Å²) in [6, 6.07) is 2.88. The van der Waals surface area contributed by atoms with Crippen LogP contribution in [0.25, 0.3) is 11.0 Å². The van der Waals surface area contributed by atoms with Gasteiger partial charge in [-0.3, -0.25) is 4.79 Å². The van der Waals surface area contributed by atoms with Gasteiger partial charge in [-0.25, -0.2) is 23.7 Å². The van der Waals surface area contributed by atoms with Crippen molar-refractivity contribution in [1.29, 1.82) is 0 Å². The molecule has 35 heavy (non-hydrogen) atoms. The summed E-state index contributed by atoms with van der Waals surface area (Å²) in [6.45, 7) is 5.08. The van der Waals surface area contributed by atoms with Gasteiger partial charge in [-0.05, 0) is 24.6 Å². The fourth-order valence-electron chi connectivity index (χ4n) is 3.97. The van der Waals surface area contributed by atoms with Crippen molar-refractivity contribution in [1.82, 2.24) is 19.5 Å². The molecular weight excluding hydrogens is 473 g/mol. The fourth-order valence-corrected chi connectivity index (χ4v) is 3.97. The molecule has 4 rings (SSSR count). The number of piperidine rings is 1. The molecule has 186 valence electrons. The zero-order valence-electron chi connectivity index (χ0n) is 18.8. The number of alkyl halides is 4. The van der Waals surface area contributed by atoms with Crippen molar-refractivity contribution in [3.63, 3.8) is 0 Å². The Morgan fingerprint density at radius 3 is 2.51 bits per heavy atom. The number of carbonyl (C=O) groups is 1. The van der Waals surface area contributed by atoms with Gasteiger partial charge in [-0.15, -0.1) is 0 Å². The summed E-state index contributed by atoms with van der Waals surface area (Å²) in [5.74, 6) is -1.66. The number of nitrogens with zero attached hydrogens (tertiary/aromatic N) is 5. The maximum Gasteiger partial charge on any atom is 0.419 e. The third-order valence-electron chi connectivity index (χ3n) is 5.69. The summed E-state index contributed by atoms with van der Waals surface area (Å²) in [5, 5.41) is 5.33. The number of aromatic nitrogens is 4. The van der Waals surface area contributed by atoms with Gasteiger partial charge in [0.2, 0.25) is 11.9 Å². The quantitative estimate of drug-likeness (QED) is 0.409. The molecule has 0 saturated carbocycles. The van der Waals surface area contributed by atoms with E-state index < -0.39 is 35.7 Å². The standard InChI is InChI=1S/C22H22F5N7O/c1-11-4-18-17(6-16(11)31-19(35)12(2)23)32-21(33(18)3)34-9-14(24)5-15(10-34)30-20-28-7-13(8-29-20)22(25,26)27/h4,6-8,14-15H,2,5,9-10H2,1,3H3,(H,31,35)(H,28,29,30)/t14-,15-/m1/s1. The number of hydrogen-bond acceptors (Lipinski definition) is 6. The van der Waals surface area contributed by atoms with E-state index in [4.69, 9.17) is 0 Å². The van der Waals surface area contributed by atoms with Gasteiger partial charge in [0.1, 0.15) is 6.17 Å². The highest BCUT2D eigenvalue weighted by Gasteiger charge is 2.33. The van der Waals surface area contributed by atoms with Gasteiger partial charge in [-0.1, -0.05) is 6.58 Å². The van der Waals surface area contributed by atoms with Gasteiger partial charge in [0, 0.05) is 44.1 Å². The third-order valence-corrected chi connectivity index (χ3v) is 5.69. The average Bonchev–Trinajstić information content (AvgIpc) is 3.08. The van der Waals surface area contributed by atoms with Gasteiger partial charge >= 0.3 is 6.18 Å². The lowest BCUT2D eigenvalue weighted by Gasteiger charge is -2.35. The maximum atomic E-state index is 14.6. The number of hydrogen-bond donors (Lipinski definition) is 2. The molecule has 1 saturated heterocycles. The molecular formula is C22H22F5N7O. The molecule has 1 aliphatic heterocycles. The largest absolute Gasteiger partial charge is 0.419 e. The van der Waals surface area contributed by atoms with E-state index in [1.54, 1.807) is 35.6 Å². The molecule has 0 radical (unpaired) electrons. The van der Waals surface area contributed by atoms with Crippen LogP contribution in [0.5, 0.6) is 0 Å². The van der Waals surface area contributed by atoms with Crippen LogP contribution in [0, 0.1) is 6.92 Å². The van der Waals surface area contributed by atoms with Crippen molar-refractivity contribution in [2.75, 3.05) is 28.6 Å². The Balaban J connectivity index is 1.56. The van der Waals surface area contributed by atoms with Gasteiger partial charge in [-0.2, -0.15) is 13.2 Å². The van der Waals surface area contributed by atoms with E-state index in [9.17, 15) is 26.7 Å². The highest BCUT2D eigenvalue weighted by atomic mass is 19.4. The summed E-state index contributed by atoms with van der Waals surface area (Å²) in [7, 11) is 1.76. The second kappa shape index (κ2) is 9.12. The van der Waals surface area contributed by atoms with Crippen molar-refractivity contribution in [3.8, 4) is 0 Å². The lowest BCUT2D eigenvalue weighted by atomic mass is 10.0. The van der Waals surface area contributed by atoms with Gasteiger partial charge in [0.25, 0.3) is 5.91 Å². The maximum absolute atomic E-state index is 14.6. The van der Waals surface area contributed by atoms with Crippen LogP contribution in [-0.2, 0) is 18.0 Å². The number of carbonyl (C=O) groups excluding carboxylic acids is 1. The van der Waals surface area contributed by atoms with Crippen molar-refractivity contribution >= 4 is 34.5 Å². The van der Waals surface area contributed by atoms with Crippen LogP contribution in [0.4, 0.5) is 39.5 Å². The fraction of sp³-hybridized carbons (Fsp3) is 0.364. The monoisotopic (exact) mass is 495 g/mol. The molecule has 1 amide bonds. The molecule has 13 heteroatoms. The van der Waals surface area contributed by atoms with E-state index in [1.807, 2.05) is 0 Å². The number of imidazole rings is 1. The number of fused-ring (bicyclic) bond motifs is 1. The molecule has 3 aromatic rings. The van der Waals surface area contributed by atoms with Crippen molar-refractivity contribution < 1.29 is 26.7 Å². The normalized spacial score (nSPS) is 18.5. The summed E-state index contributed by atoms with van der Waals surface area (Å²) >= 11 is 0. The number of amides is 1. The minimum Gasteiger partial charge on any atom is -0.350 e. The van der Waals surface area contributed by atoms with Crippen molar-refractivity contribution in [2.45, 2.75) is 31.7 Å². The molecule has 1 aliphatic rings. The molecule has 1 aromatic carbocycles. The Kier molecular flexibility index (Phi) is 6.34. The SMILES string of the molecule is C=C(F)C(=O)Nc1cc2nc(N3C[C@H](F)C[C@@H](Nc4ncc(C(F)(F)F)cn4)C3)n(C)c2cc1C. The molecule has 0 spiro atoms. The number of aryl methyl sites for hydroxylation is 2.